The van der Waals surface area contributed by atoms with E-state index in [4.69, 9.17) is 0 Å². The summed E-state index contributed by atoms with van der Waals surface area (Å²) in [5.74, 6) is -0.229. The highest BCUT2D eigenvalue weighted by atomic mass is 19.1. The van der Waals surface area contributed by atoms with E-state index in [-0.39, 0.29) is 11.7 Å². The van der Waals surface area contributed by atoms with Crippen LogP contribution in [-0.4, -0.2) is 30.6 Å². The molecule has 1 aliphatic rings. The van der Waals surface area contributed by atoms with Crippen LogP contribution in [0.3, 0.4) is 0 Å². The van der Waals surface area contributed by atoms with Gasteiger partial charge in [0.15, 0.2) is 0 Å². The fraction of sp³-hybridized carbons (Fsp3) is 0.455. The van der Waals surface area contributed by atoms with Crippen LogP contribution in [0.4, 0.5) is 4.39 Å². The number of rotatable bonds is 5. The van der Waals surface area contributed by atoms with Crippen LogP contribution in [0.5, 0.6) is 0 Å². The second-order valence-electron chi connectivity index (χ2n) is 7.48. The van der Waals surface area contributed by atoms with Gasteiger partial charge in [0.25, 0.3) is 0 Å². The summed E-state index contributed by atoms with van der Waals surface area (Å²) in [7, 11) is 4.12. The molecule has 0 saturated carbocycles. The van der Waals surface area contributed by atoms with E-state index in [2.05, 4.69) is 37.2 Å². The number of hydrogen-bond donors (Lipinski definition) is 1. The molecule has 0 fully saturated rings. The van der Waals surface area contributed by atoms with Gasteiger partial charge in [-0.15, -0.1) is 0 Å². The molecule has 2 atom stereocenters. The van der Waals surface area contributed by atoms with E-state index in [0.29, 0.717) is 6.42 Å². The summed E-state index contributed by atoms with van der Waals surface area (Å²) < 4.78 is 13.4. The molecule has 1 aliphatic carbocycles. The maximum Gasteiger partial charge on any atom is 0.123 e. The summed E-state index contributed by atoms with van der Waals surface area (Å²) >= 11 is 0. The van der Waals surface area contributed by atoms with Gasteiger partial charge in [0.05, 0.1) is 5.60 Å². The molecule has 0 aliphatic heterocycles. The van der Waals surface area contributed by atoms with Crippen LogP contribution in [0.25, 0.3) is 0 Å². The molecule has 0 spiro atoms. The first kappa shape index (κ1) is 18.1. The van der Waals surface area contributed by atoms with Crippen LogP contribution < -0.4 is 0 Å². The molecule has 25 heavy (non-hydrogen) atoms. The van der Waals surface area contributed by atoms with Gasteiger partial charge in [-0.2, -0.15) is 0 Å². The van der Waals surface area contributed by atoms with E-state index in [0.717, 1.165) is 43.4 Å². The monoisotopic (exact) mass is 341 g/mol. The van der Waals surface area contributed by atoms with Crippen molar-refractivity contribution in [1.82, 2.24) is 4.90 Å². The first-order valence-corrected chi connectivity index (χ1v) is 9.21. The summed E-state index contributed by atoms with van der Waals surface area (Å²) in [4.78, 5) is 2.15. The highest BCUT2D eigenvalue weighted by Crippen LogP contribution is 2.47. The second-order valence-corrected chi connectivity index (χ2v) is 7.48. The molecule has 3 heteroatoms. The van der Waals surface area contributed by atoms with Crippen LogP contribution in [0.1, 0.15) is 48.3 Å². The second kappa shape index (κ2) is 7.67. The molecule has 0 amide bonds. The van der Waals surface area contributed by atoms with Crippen molar-refractivity contribution in [3.63, 3.8) is 0 Å². The molecule has 0 bridgehead atoms. The highest BCUT2D eigenvalue weighted by Gasteiger charge is 2.41. The summed E-state index contributed by atoms with van der Waals surface area (Å²) in [5, 5.41) is 11.9. The summed E-state index contributed by atoms with van der Waals surface area (Å²) in [5.41, 5.74) is 2.44. The lowest BCUT2D eigenvalue weighted by atomic mass is 9.73. The van der Waals surface area contributed by atoms with Crippen molar-refractivity contribution < 1.29 is 9.50 Å². The predicted molar refractivity (Wildman–Crippen MR) is 100 cm³/mol. The molecule has 2 unspecified atom stereocenters. The lowest BCUT2D eigenvalue weighted by Gasteiger charge is -2.37. The molecule has 2 nitrogen and oxygen atoms in total. The SMILES string of the molecule is CN(C)CCCC1(O)c2ccccc2CCCC1c1ccc(F)cc1. The van der Waals surface area contributed by atoms with E-state index >= 15 is 0 Å². The number of halogens is 1. The molecule has 2 aromatic rings. The number of aliphatic hydroxyl groups is 1. The number of hydrogen-bond acceptors (Lipinski definition) is 2. The Labute approximate surface area is 150 Å². The number of aryl methyl sites for hydroxylation is 1. The van der Waals surface area contributed by atoms with Gasteiger partial charge in [0.2, 0.25) is 0 Å². The van der Waals surface area contributed by atoms with Gasteiger partial charge in [0, 0.05) is 5.92 Å². The molecule has 3 rings (SSSR count). The van der Waals surface area contributed by atoms with Crippen molar-refractivity contribution in [3.05, 3.63) is 71.0 Å². The molecule has 0 heterocycles. The van der Waals surface area contributed by atoms with Crippen LogP contribution in [-0.2, 0) is 12.0 Å². The Morgan fingerprint density at radius 3 is 2.56 bits per heavy atom. The third-order valence-corrected chi connectivity index (χ3v) is 5.43. The molecular formula is C22H28FNO. The first-order chi connectivity index (χ1) is 12.0. The lowest BCUT2D eigenvalue weighted by Crippen LogP contribution is -2.34. The zero-order valence-corrected chi connectivity index (χ0v) is 15.2. The van der Waals surface area contributed by atoms with Gasteiger partial charge >= 0.3 is 0 Å². The van der Waals surface area contributed by atoms with Crippen LogP contribution in [0, 0.1) is 5.82 Å². The third kappa shape index (κ3) is 3.94. The fourth-order valence-corrected chi connectivity index (χ4v) is 4.19. The summed E-state index contributed by atoms with van der Waals surface area (Å²) in [6.45, 7) is 0.945. The van der Waals surface area contributed by atoms with Crippen molar-refractivity contribution >= 4 is 0 Å². The van der Waals surface area contributed by atoms with Crippen LogP contribution in [0.15, 0.2) is 48.5 Å². The van der Waals surface area contributed by atoms with Crippen LogP contribution in [0.2, 0.25) is 0 Å². The van der Waals surface area contributed by atoms with Gasteiger partial charge in [-0.3, -0.25) is 0 Å². The minimum atomic E-state index is -0.902. The van der Waals surface area contributed by atoms with Crippen LogP contribution >= 0.6 is 0 Å². The van der Waals surface area contributed by atoms with Gasteiger partial charge in [-0.1, -0.05) is 36.4 Å². The zero-order valence-electron chi connectivity index (χ0n) is 15.2. The van der Waals surface area contributed by atoms with E-state index in [1.807, 2.05) is 18.2 Å². The van der Waals surface area contributed by atoms with Crippen molar-refractivity contribution in [3.8, 4) is 0 Å². The van der Waals surface area contributed by atoms with E-state index in [9.17, 15) is 9.50 Å². The fourth-order valence-electron chi connectivity index (χ4n) is 4.19. The smallest absolute Gasteiger partial charge is 0.123 e. The van der Waals surface area contributed by atoms with Gasteiger partial charge < -0.3 is 10.0 Å². The standard InChI is InChI=1S/C22H28FNO/c1-24(2)16-6-15-22(25)20-9-4-3-7-17(20)8-5-10-21(22)18-11-13-19(23)14-12-18/h3-4,7,9,11-14,21,25H,5-6,8,10,15-16H2,1-2H3. The largest absolute Gasteiger partial charge is 0.385 e. The normalized spacial score (nSPS) is 23.3. The Kier molecular flexibility index (Phi) is 5.55. The number of benzene rings is 2. The Balaban J connectivity index is 2.00. The molecule has 2 aromatic carbocycles. The highest BCUT2D eigenvalue weighted by molar-refractivity contribution is 5.38. The Hall–Kier alpha value is -1.71. The summed E-state index contributed by atoms with van der Waals surface area (Å²) in [6.07, 6.45) is 4.58. The van der Waals surface area contributed by atoms with Gasteiger partial charge in [0.1, 0.15) is 5.82 Å². The molecule has 1 N–H and O–H groups in total. The predicted octanol–water partition coefficient (Wildman–Crippen LogP) is 4.48. The molecule has 0 saturated heterocycles. The van der Waals surface area contributed by atoms with Gasteiger partial charge in [-0.25, -0.2) is 4.39 Å². The number of nitrogens with zero attached hydrogens (tertiary/aromatic N) is 1. The minimum Gasteiger partial charge on any atom is -0.385 e. The third-order valence-electron chi connectivity index (χ3n) is 5.43. The van der Waals surface area contributed by atoms with E-state index in [1.54, 1.807) is 0 Å². The lowest BCUT2D eigenvalue weighted by molar-refractivity contribution is -0.00607. The Morgan fingerprint density at radius 2 is 1.84 bits per heavy atom. The molecule has 0 radical (unpaired) electrons. The average Bonchev–Trinajstić information content (AvgIpc) is 2.73. The van der Waals surface area contributed by atoms with Crippen molar-refractivity contribution in [2.24, 2.45) is 0 Å². The Bertz CT molecular complexity index is 697. The molecule has 134 valence electrons. The van der Waals surface area contributed by atoms with E-state index in [1.165, 1.54) is 17.7 Å². The molecule has 0 aromatic heterocycles. The first-order valence-electron chi connectivity index (χ1n) is 9.21. The zero-order chi connectivity index (χ0) is 17.9. The van der Waals surface area contributed by atoms with E-state index < -0.39 is 5.60 Å². The van der Waals surface area contributed by atoms with Gasteiger partial charge in [-0.05, 0) is 81.6 Å². The topological polar surface area (TPSA) is 23.5 Å². The average molecular weight is 341 g/mol. The quantitative estimate of drug-likeness (QED) is 0.811. The maximum absolute atomic E-state index is 13.4. The molecular weight excluding hydrogens is 313 g/mol. The maximum atomic E-state index is 13.4. The van der Waals surface area contributed by atoms with Crippen molar-refractivity contribution in [2.45, 2.75) is 43.6 Å². The summed E-state index contributed by atoms with van der Waals surface area (Å²) in [6, 6.07) is 15.0. The van der Waals surface area contributed by atoms with Crippen molar-refractivity contribution in [1.29, 1.82) is 0 Å². The number of fused-ring (bicyclic) bond motifs is 1. The Morgan fingerprint density at radius 1 is 1.12 bits per heavy atom. The minimum absolute atomic E-state index is 0.00101. The van der Waals surface area contributed by atoms with Crippen molar-refractivity contribution in [2.75, 3.05) is 20.6 Å².